The average Bonchev–Trinajstić information content (AvgIpc) is 3.60. The number of carbonyl (C=O) groups excluding carboxylic acids is 1. The van der Waals surface area contributed by atoms with Crippen LogP contribution in [0, 0.1) is 12.3 Å². The van der Waals surface area contributed by atoms with Gasteiger partial charge in [-0.1, -0.05) is 12.5 Å². The second-order valence-corrected chi connectivity index (χ2v) is 11.7. The largest absolute Gasteiger partial charge is 0.356 e. The molecule has 5 rings (SSSR count). The molecule has 1 aliphatic carbocycles. The molecule has 3 fully saturated rings. The number of hydrogen-bond acceptors (Lipinski definition) is 5. The smallest absolute Gasteiger partial charge is 0.259 e. The van der Waals surface area contributed by atoms with Crippen molar-refractivity contribution in [1.29, 1.82) is 0 Å². The van der Waals surface area contributed by atoms with Gasteiger partial charge in [0.2, 0.25) is 10.0 Å². The first-order valence-electron chi connectivity index (χ1n) is 12.0. The van der Waals surface area contributed by atoms with Gasteiger partial charge in [0.25, 0.3) is 5.91 Å². The number of aromatic nitrogens is 1. The van der Waals surface area contributed by atoms with E-state index in [9.17, 15) is 13.2 Å². The van der Waals surface area contributed by atoms with Gasteiger partial charge in [0.1, 0.15) is 5.82 Å². The monoisotopic (exact) mass is 468 g/mol. The van der Waals surface area contributed by atoms with E-state index in [1.165, 1.54) is 12.8 Å². The number of anilines is 2. The number of benzene rings is 1. The zero-order chi connectivity index (χ0) is 23.1. The molecule has 7 nitrogen and oxygen atoms in total. The molecule has 3 heterocycles. The number of rotatable bonds is 5. The average molecular weight is 469 g/mol. The van der Waals surface area contributed by atoms with Crippen molar-refractivity contribution >= 4 is 27.4 Å². The number of pyridine rings is 1. The van der Waals surface area contributed by atoms with E-state index >= 15 is 0 Å². The highest BCUT2D eigenvalue weighted by atomic mass is 32.2. The van der Waals surface area contributed by atoms with Crippen LogP contribution in [-0.2, 0) is 10.0 Å². The summed E-state index contributed by atoms with van der Waals surface area (Å²) in [7, 11) is -3.58. The minimum absolute atomic E-state index is 0.263. The molecule has 33 heavy (non-hydrogen) atoms. The van der Waals surface area contributed by atoms with E-state index in [-0.39, 0.29) is 10.8 Å². The topological polar surface area (TPSA) is 82.6 Å². The molecule has 1 N–H and O–H groups in total. The minimum atomic E-state index is -3.58. The standard InChI is InChI=1S/C25H32N4O3S/c1-19-7-8-20(18-22(19)33(31,32)29-14-3-2-4-15-29)27-24(30)21-6-5-13-26-23(21)28-16-11-25(9-10-25)12-17-28/h5-8,13,18H,2-4,9-12,14-17H2,1H3,(H,27,30). The maximum absolute atomic E-state index is 13.2. The Balaban J connectivity index is 1.36. The molecule has 0 atom stereocenters. The molecule has 176 valence electrons. The van der Waals surface area contributed by atoms with Crippen LogP contribution in [0.1, 0.15) is 60.9 Å². The summed E-state index contributed by atoms with van der Waals surface area (Å²) < 4.78 is 28.0. The summed E-state index contributed by atoms with van der Waals surface area (Å²) in [5.74, 6) is 0.439. The fourth-order valence-electron chi connectivity index (χ4n) is 5.09. The second kappa shape index (κ2) is 8.72. The van der Waals surface area contributed by atoms with E-state index in [0.29, 0.717) is 41.1 Å². The second-order valence-electron chi connectivity index (χ2n) is 9.76. The van der Waals surface area contributed by atoms with Crippen molar-refractivity contribution in [2.24, 2.45) is 5.41 Å². The lowest BCUT2D eigenvalue weighted by Gasteiger charge is -2.33. The van der Waals surface area contributed by atoms with Crippen LogP contribution in [0.4, 0.5) is 11.5 Å². The molecule has 3 aliphatic rings. The van der Waals surface area contributed by atoms with Crippen LogP contribution in [-0.4, -0.2) is 49.8 Å². The fourth-order valence-corrected chi connectivity index (χ4v) is 6.86. The lowest BCUT2D eigenvalue weighted by Crippen LogP contribution is -2.36. The number of aryl methyl sites for hydroxylation is 1. The molecule has 2 aliphatic heterocycles. The predicted molar refractivity (Wildman–Crippen MR) is 129 cm³/mol. The van der Waals surface area contributed by atoms with Crippen molar-refractivity contribution in [3.8, 4) is 0 Å². The van der Waals surface area contributed by atoms with E-state index < -0.39 is 10.0 Å². The van der Waals surface area contributed by atoms with Crippen LogP contribution >= 0.6 is 0 Å². The quantitative estimate of drug-likeness (QED) is 0.711. The fraction of sp³-hybridized carbons (Fsp3) is 0.520. The molecule has 1 amide bonds. The number of nitrogens with zero attached hydrogens (tertiary/aromatic N) is 3. The molecule has 1 saturated carbocycles. The van der Waals surface area contributed by atoms with Crippen molar-refractivity contribution in [2.75, 3.05) is 36.4 Å². The Bertz CT molecular complexity index is 1140. The maximum atomic E-state index is 13.2. The number of carbonyl (C=O) groups is 1. The molecule has 0 unspecified atom stereocenters. The van der Waals surface area contributed by atoms with Gasteiger partial charge in [-0.05, 0) is 80.7 Å². The Morgan fingerprint density at radius 2 is 1.73 bits per heavy atom. The SMILES string of the molecule is Cc1ccc(NC(=O)c2cccnc2N2CCC3(CC2)CC3)cc1S(=O)(=O)N1CCCCC1. The van der Waals surface area contributed by atoms with Gasteiger partial charge >= 0.3 is 0 Å². The number of sulfonamides is 1. The van der Waals surface area contributed by atoms with Crippen LogP contribution in [0.2, 0.25) is 0 Å². The molecule has 0 radical (unpaired) electrons. The molecule has 1 aromatic carbocycles. The van der Waals surface area contributed by atoms with Gasteiger partial charge in [0.15, 0.2) is 0 Å². The van der Waals surface area contributed by atoms with Crippen molar-refractivity contribution in [3.05, 3.63) is 47.7 Å². The summed E-state index contributed by atoms with van der Waals surface area (Å²) in [5, 5.41) is 2.92. The van der Waals surface area contributed by atoms with Crippen LogP contribution in [0.3, 0.4) is 0 Å². The predicted octanol–water partition coefficient (Wildman–Crippen LogP) is 4.20. The summed E-state index contributed by atoms with van der Waals surface area (Å²) in [6.45, 7) is 4.73. The highest BCUT2D eigenvalue weighted by Gasteiger charge is 2.44. The van der Waals surface area contributed by atoms with Crippen molar-refractivity contribution in [3.63, 3.8) is 0 Å². The lowest BCUT2D eigenvalue weighted by atomic mass is 9.93. The minimum Gasteiger partial charge on any atom is -0.356 e. The first-order valence-corrected chi connectivity index (χ1v) is 13.4. The van der Waals surface area contributed by atoms with Gasteiger partial charge in [-0.25, -0.2) is 13.4 Å². The Kier molecular flexibility index (Phi) is 5.91. The Hall–Kier alpha value is -2.45. The van der Waals surface area contributed by atoms with E-state index in [2.05, 4.69) is 15.2 Å². The van der Waals surface area contributed by atoms with Gasteiger partial charge in [0, 0.05) is 38.1 Å². The van der Waals surface area contributed by atoms with Crippen molar-refractivity contribution < 1.29 is 13.2 Å². The van der Waals surface area contributed by atoms with Gasteiger partial charge in [-0.2, -0.15) is 4.31 Å². The summed E-state index contributed by atoms with van der Waals surface area (Å²) in [5.41, 5.74) is 2.23. The molecular weight excluding hydrogens is 436 g/mol. The van der Waals surface area contributed by atoms with Crippen molar-refractivity contribution in [2.45, 2.75) is 56.8 Å². The third kappa shape index (κ3) is 4.51. The van der Waals surface area contributed by atoms with E-state index in [0.717, 1.165) is 45.2 Å². The van der Waals surface area contributed by atoms with Crippen LogP contribution in [0.15, 0.2) is 41.4 Å². The number of hydrogen-bond donors (Lipinski definition) is 1. The summed E-state index contributed by atoms with van der Waals surface area (Å²) >= 11 is 0. The Labute approximate surface area is 196 Å². The molecule has 2 saturated heterocycles. The van der Waals surface area contributed by atoms with Gasteiger partial charge in [-0.3, -0.25) is 4.79 Å². The highest BCUT2D eigenvalue weighted by Crippen LogP contribution is 2.53. The highest BCUT2D eigenvalue weighted by molar-refractivity contribution is 7.89. The molecule has 1 aromatic heterocycles. The summed E-state index contributed by atoms with van der Waals surface area (Å²) in [6, 6.07) is 8.67. The first-order chi connectivity index (χ1) is 15.9. The number of nitrogens with one attached hydrogen (secondary N) is 1. The summed E-state index contributed by atoms with van der Waals surface area (Å²) in [6.07, 6.45) is 9.52. The van der Waals surface area contributed by atoms with E-state index in [1.54, 1.807) is 47.8 Å². The van der Waals surface area contributed by atoms with E-state index in [4.69, 9.17) is 0 Å². The molecule has 1 spiro atoms. The van der Waals surface area contributed by atoms with Crippen molar-refractivity contribution in [1.82, 2.24) is 9.29 Å². The molecule has 8 heteroatoms. The Morgan fingerprint density at radius 1 is 1.00 bits per heavy atom. The molecule has 0 bridgehead atoms. The van der Waals surface area contributed by atoms with Gasteiger partial charge in [-0.15, -0.1) is 0 Å². The third-order valence-electron chi connectivity index (χ3n) is 7.49. The van der Waals surface area contributed by atoms with E-state index in [1.807, 2.05) is 0 Å². The van der Waals surface area contributed by atoms with Crippen LogP contribution < -0.4 is 10.2 Å². The number of piperidine rings is 2. The van der Waals surface area contributed by atoms with Crippen LogP contribution in [0.5, 0.6) is 0 Å². The summed E-state index contributed by atoms with van der Waals surface area (Å²) in [4.78, 5) is 20.2. The zero-order valence-corrected chi connectivity index (χ0v) is 20.0. The van der Waals surface area contributed by atoms with Gasteiger partial charge < -0.3 is 10.2 Å². The zero-order valence-electron chi connectivity index (χ0n) is 19.2. The van der Waals surface area contributed by atoms with Crippen LogP contribution in [0.25, 0.3) is 0 Å². The first kappa shape index (κ1) is 22.3. The van der Waals surface area contributed by atoms with Gasteiger partial charge in [0.05, 0.1) is 10.5 Å². The molecular formula is C25H32N4O3S. The number of amides is 1. The third-order valence-corrected chi connectivity index (χ3v) is 9.53. The normalized spacial score (nSPS) is 20.6. The molecule has 2 aromatic rings. The lowest BCUT2D eigenvalue weighted by molar-refractivity contribution is 0.102. The Morgan fingerprint density at radius 3 is 2.42 bits per heavy atom. The maximum Gasteiger partial charge on any atom is 0.259 e.